The molecule has 2 heterocycles. The molecule has 17 heavy (non-hydrogen) atoms. The summed E-state index contributed by atoms with van der Waals surface area (Å²) >= 11 is 0. The molecule has 1 aliphatic heterocycles. The minimum absolute atomic E-state index is 0.0876. The van der Waals surface area contributed by atoms with Gasteiger partial charge < -0.3 is 15.6 Å². The average molecular weight is 236 g/mol. The van der Waals surface area contributed by atoms with Crippen molar-refractivity contribution in [2.45, 2.75) is 32.7 Å². The first kappa shape index (κ1) is 12.1. The van der Waals surface area contributed by atoms with E-state index in [1.807, 2.05) is 0 Å². The van der Waals surface area contributed by atoms with Crippen LogP contribution in [0.4, 0.5) is 5.82 Å². The molecular formula is C12H20N4O. The second-order valence-corrected chi connectivity index (χ2v) is 4.76. The van der Waals surface area contributed by atoms with E-state index in [-0.39, 0.29) is 11.6 Å². The highest BCUT2D eigenvalue weighted by Crippen LogP contribution is 2.22. The summed E-state index contributed by atoms with van der Waals surface area (Å²) in [6.45, 7) is 5.74. The van der Waals surface area contributed by atoms with Crippen molar-refractivity contribution < 1.29 is 0 Å². The predicted molar refractivity (Wildman–Crippen MR) is 68.2 cm³/mol. The van der Waals surface area contributed by atoms with Crippen molar-refractivity contribution in [3.05, 3.63) is 22.2 Å². The molecule has 0 aliphatic carbocycles. The van der Waals surface area contributed by atoms with Gasteiger partial charge in [0.2, 0.25) is 0 Å². The number of rotatable bonds is 2. The van der Waals surface area contributed by atoms with Crippen molar-refractivity contribution in [2.24, 2.45) is 11.7 Å². The Morgan fingerprint density at radius 1 is 1.65 bits per heavy atom. The Hall–Kier alpha value is -1.36. The Bertz CT molecular complexity index is 442. The van der Waals surface area contributed by atoms with E-state index < -0.39 is 0 Å². The molecule has 0 aromatic carbocycles. The molecule has 2 rings (SSSR count). The maximum Gasteiger partial charge on any atom is 0.252 e. The van der Waals surface area contributed by atoms with Crippen LogP contribution in [0.25, 0.3) is 0 Å². The van der Waals surface area contributed by atoms with E-state index in [1.54, 1.807) is 13.0 Å². The van der Waals surface area contributed by atoms with Crippen LogP contribution < -0.4 is 16.2 Å². The lowest BCUT2D eigenvalue weighted by Gasteiger charge is -2.37. The zero-order valence-corrected chi connectivity index (χ0v) is 10.4. The van der Waals surface area contributed by atoms with Gasteiger partial charge >= 0.3 is 0 Å². The van der Waals surface area contributed by atoms with Crippen LogP contribution in [0.2, 0.25) is 0 Å². The quantitative estimate of drug-likeness (QED) is 0.790. The summed E-state index contributed by atoms with van der Waals surface area (Å²) in [5, 5.41) is 0. The molecule has 1 aliphatic rings. The first-order chi connectivity index (χ1) is 8.10. The Morgan fingerprint density at radius 2 is 2.41 bits per heavy atom. The third kappa shape index (κ3) is 2.66. The van der Waals surface area contributed by atoms with Crippen molar-refractivity contribution in [1.82, 2.24) is 9.97 Å². The van der Waals surface area contributed by atoms with Gasteiger partial charge in [0.05, 0.1) is 0 Å². The molecule has 0 amide bonds. The normalized spacial score (nSPS) is 25.0. The molecule has 2 atom stereocenters. The molecule has 2 unspecified atom stereocenters. The van der Waals surface area contributed by atoms with Gasteiger partial charge in [-0.05, 0) is 19.3 Å². The molecule has 1 saturated heterocycles. The number of nitrogens with two attached hydrogens (primary N) is 1. The lowest BCUT2D eigenvalue weighted by molar-refractivity contribution is 0.346. The van der Waals surface area contributed by atoms with Crippen LogP contribution in [0.5, 0.6) is 0 Å². The third-order valence-corrected chi connectivity index (χ3v) is 3.49. The van der Waals surface area contributed by atoms with Crippen LogP contribution >= 0.6 is 0 Å². The Kier molecular flexibility index (Phi) is 3.47. The SMILES string of the molecule is CCC1CN(c2cc(=O)[nH]c(C)n2)CCC1N. The molecule has 0 spiro atoms. The summed E-state index contributed by atoms with van der Waals surface area (Å²) < 4.78 is 0. The molecule has 5 nitrogen and oxygen atoms in total. The summed E-state index contributed by atoms with van der Waals surface area (Å²) in [7, 11) is 0. The number of H-pyrrole nitrogens is 1. The zero-order valence-electron chi connectivity index (χ0n) is 10.4. The van der Waals surface area contributed by atoms with E-state index in [9.17, 15) is 4.79 Å². The number of piperidine rings is 1. The number of anilines is 1. The molecule has 0 saturated carbocycles. The topological polar surface area (TPSA) is 75.0 Å². The van der Waals surface area contributed by atoms with E-state index in [2.05, 4.69) is 21.8 Å². The van der Waals surface area contributed by atoms with E-state index in [4.69, 9.17) is 5.73 Å². The number of aromatic amines is 1. The molecule has 5 heteroatoms. The zero-order chi connectivity index (χ0) is 12.4. The van der Waals surface area contributed by atoms with Crippen LogP contribution in [-0.2, 0) is 0 Å². The van der Waals surface area contributed by atoms with Gasteiger partial charge in [-0.2, -0.15) is 0 Å². The number of nitrogens with zero attached hydrogens (tertiary/aromatic N) is 2. The van der Waals surface area contributed by atoms with Gasteiger partial charge in [0.25, 0.3) is 5.56 Å². The molecule has 3 N–H and O–H groups in total. The van der Waals surface area contributed by atoms with Crippen molar-refractivity contribution in [3.8, 4) is 0 Å². The number of aromatic nitrogens is 2. The molecule has 94 valence electrons. The van der Waals surface area contributed by atoms with Crippen LogP contribution in [0.15, 0.2) is 10.9 Å². The first-order valence-electron chi connectivity index (χ1n) is 6.18. The Balaban J connectivity index is 2.20. The van der Waals surface area contributed by atoms with Crippen molar-refractivity contribution in [2.75, 3.05) is 18.0 Å². The van der Waals surface area contributed by atoms with Gasteiger partial charge in [0.1, 0.15) is 11.6 Å². The fourth-order valence-electron chi connectivity index (χ4n) is 2.42. The second-order valence-electron chi connectivity index (χ2n) is 4.76. The van der Waals surface area contributed by atoms with Crippen molar-refractivity contribution in [1.29, 1.82) is 0 Å². The van der Waals surface area contributed by atoms with Gasteiger partial charge in [-0.15, -0.1) is 0 Å². The summed E-state index contributed by atoms with van der Waals surface area (Å²) in [5.41, 5.74) is 5.99. The van der Waals surface area contributed by atoms with Gasteiger partial charge in [0, 0.05) is 25.2 Å². The summed E-state index contributed by atoms with van der Waals surface area (Å²) in [4.78, 5) is 20.6. The van der Waals surface area contributed by atoms with E-state index in [0.717, 1.165) is 31.7 Å². The average Bonchev–Trinajstić information content (AvgIpc) is 2.28. The molecule has 1 fully saturated rings. The highest BCUT2D eigenvalue weighted by molar-refractivity contribution is 5.38. The molecule has 0 radical (unpaired) electrons. The monoisotopic (exact) mass is 236 g/mol. The van der Waals surface area contributed by atoms with Crippen LogP contribution in [0.3, 0.4) is 0 Å². The van der Waals surface area contributed by atoms with E-state index in [1.165, 1.54) is 0 Å². The number of aryl methyl sites for hydroxylation is 1. The maximum absolute atomic E-state index is 11.4. The fourth-order valence-corrected chi connectivity index (χ4v) is 2.42. The van der Waals surface area contributed by atoms with Gasteiger partial charge in [-0.3, -0.25) is 4.79 Å². The highest BCUT2D eigenvalue weighted by Gasteiger charge is 2.26. The summed E-state index contributed by atoms with van der Waals surface area (Å²) in [6.07, 6.45) is 2.03. The number of nitrogens with one attached hydrogen (secondary N) is 1. The molecule has 1 aromatic heterocycles. The molecule has 1 aromatic rings. The van der Waals surface area contributed by atoms with Gasteiger partial charge in [-0.25, -0.2) is 4.98 Å². The first-order valence-corrected chi connectivity index (χ1v) is 6.18. The standard InChI is InChI=1S/C12H20N4O/c1-3-9-7-16(5-4-10(9)13)11-6-12(17)15-8(2)14-11/h6,9-10H,3-5,7,13H2,1-2H3,(H,14,15,17). The van der Waals surface area contributed by atoms with Crippen LogP contribution in [0.1, 0.15) is 25.6 Å². The third-order valence-electron chi connectivity index (χ3n) is 3.49. The number of hydrogen-bond donors (Lipinski definition) is 2. The Morgan fingerprint density at radius 3 is 3.06 bits per heavy atom. The second kappa shape index (κ2) is 4.87. The summed E-state index contributed by atoms with van der Waals surface area (Å²) in [5.74, 6) is 1.93. The predicted octanol–water partition coefficient (Wildman–Crippen LogP) is 0.642. The highest BCUT2D eigenvalue weighted by atomic mass is 16.1. The molecule has 0 bridgehead atoms. The maximum atomic E-state index is 11.4. The fraction of sp³-hybridized carbons (Fsp3) is 0.667. The van der Waals surface area contributed by atoms with E-state index in [0.29, 0.717) is 11.7 Å². The minimum Gasteiger partial charge on any atom is -0.356 e. The number of hydrogen-bond acceptors (Lipinski definition) is 4. The smallest absolute Gasteiger partial charge is 0.252 e. The van der Waals surface area contributed by atoms with Crippen molar-refractivity contribution >= 4 is 5.82 Å². The lowest BCUT2D eigenvalue weighted by Crippen LogP contribution is -2.47. The summed E-state index contributed by atoms with van der Waals surface area (Å²) in [6, 6.07) is 1.84. The molecular weight excluding hydrogens is 216 g/mol. The van der Waals surface area contributed by atoms with Crippen molar-refractivity contribution in [3.63, 3.8) is 0 Å². The largest absolute Gasteiger partial charge is 0.356 e. The minimum atomic E-state index is -0.0876. The van der Waals surface area contributed by atoms with Crippen LogP contribution in [0, 0.1) is 12.8 Å². The Labute approximate surface area is 101 Å². The van der Waals surface area contributed by atoms with Crippen LogP contribution in [-0.4, -0.2) is 29.1 Å². The van der Waals surface area contributed by atoms with E-state index >= 15 is 0 Å². The van der Waals surface area contributed by atoms with Gasteiger partial charge in [0.15, 0.2) is 0 Å². The van der Waals surface area contributed by atoms with Gasteiger partial charge in [-0.1, -0.05) is 13.3 Å². The lowest BCUT2D eigenvalue weighted by atomic mass is 9.91.